The van der Waals surface area contributed by atoms with E-state index in [0.29, 0.717) is 5.92 Å². The van der Waals surface area contributed by atoms with Crippen molar-refractivity contribution in [1.82, 2.24) is 0 Å². The van der Waals surface area contributed by atoms with E-state index >= 15 is 0 Å². The maximum Gasteiger partial charge on any atom is 0.220 e. The molecule has 2 heteroatoms. The highest BCUT2D eigenvalue weighted by atomic mass is 16.1. The molecule has 0 unspecified atom stereocenters. The Hall–Kier alpha value is -0.530. The van der Waals surface area contributed by atoms with Crippen molar-refractivity contribution in [3.05, 3.63) is 0 Å². The molecule has 0 aliphatic carbocycles. The Labute approximate surface area is 70.2 Å². The monoisotopic (exact) mass is 159 g/mol. The normalized spacial score (nSPS) is 11.8. The average molecular weight is 159 g/mol. The number of carbonyl (C=O) groups is 1. The van der Waals surface area contributed by atoms with Crippen LogP contribution >= 0.6 is 0 Å². The van der Waals surface area contributed by atoms with Crippen LogP contribution in [-0.4, -0.2) is 5.91 Å². The van der Waals surface area contributed by atoms with E-state index in [2.05, 4.69) is 13.8 Å². The van der Waals surface area contributed by atoms with Crippen molar-refractivity contribution >= 4 is 5.91 Å². The third kappa shape index (κ3) is 9.47. The average Bonchev–Trinajstić information content (AvgIpc) is 1.90. The number of hydrogen-bond donors (Lipinski definition) is 1. The third-order valence-corrected chi connectivity index (χ3v) is 1.31. The molecule has 0 aromatic carbocycles. The molecule has 0 saturated heterocycles. The minimum absolute atomic E-state index is 0.0324. The van der Waals surface area contributed by atoms with Gasteiger partial charge in [0.15, 0.2) is 0 Å². The van der Waals surface area contributed by atoms with Crippen LogP contribution in [0.15, 0.2) is 0 Å². The molecular formula is C9H21NO. The lowest BCUT2D eigenvalue weighted by Gasteiger charge is -2.08. The van der Waals surface area contributed by atoms with Gasteiger partial charge < -0.3 is 5.73 Å². The van der Waals surface area contributed by atoms with Gasteiger partial charge in [-0.1, -0.05) is 34.6 Å². The fraction of sp³-hybridized carbons (Fsp3) is 0.889. The van der Waals surface area contributed by atoms with Crippen molar-refractivity contribution in [2.45, 2.75) is 41.0 Å². The standard InChI is InChI=1S/C7H15NO.C2H6/c1-5(2)4-6(3)7(8)9;1-2/h5-6H,4H2,1-3H3,(H2,8,9);1-2H3/t6-;/m0./s1. The van der Waals surface area contributed by atoms with Crippen LogP contribution in [0.5, 0.6) is 0 Å². The summed E-state index contributed by atoms with van der Waals surface area (Å²) in [5, 5.41) is 0. The second-order valence-corrected chi connectivity index (χ2v) is 2.93. The number of amides is 1. The molecule has 0 heterocycles. The predicted octanol–water partition coefficient (Wildman–Crippen LogP) is 2.18. The highest BCUT2D eigenvalue weighted by Gasteiger charge is 2.09. The molecule has 0 aromatic heterocycles. The molecule has 0 aliphatic rings. The number of nitrogens with two attached hydrogens (primary N) is 1. The van der Waals surface area contributed by atoms with E-state index in [4.69, 9.17) is 5.73 Å². The molecule has 0 bridgehead atoms. The van der Waals surface area contributed by atoms with Gasteiger partial charge in [-0.3, -0.25) is 4.79 Å². The first-order valence-corrected chi connectivity index (χ1v) is 4.33. The van der Waals surface area contributed by atoms with Crippen LogP contribution in [0.25, 0.3) is 0 Å². The highest BCUT2D eigenvalue weighted by molar-refractivity contribution is 5.76. The molecule has 0 aliphatic heterocycles. The van der Waals surface area contributed by atoms with Gasteiger partial charge in [0.05, 0.1) is 0 Å². The molecule has 2 nitrogen and oxygen atoms in total. The van der Waals surface area contributed by atoms with Gasteiger partial charge in [0.25, 0.3) is 0 Å². The van der Waals surface area contributed by atoms with Gasteiger partial charge in [-0.25, -0.2) is 0 Å². The Morgan fingerprint density at radius 1 is 1.27 bits per heavy atom. The fourth-order valence-electron chi connectivity index (χ4n) is 0.823. The second-order valence-electron chi connectivity index (χ2n) is 2.93. The Bertz CT molecular complexity index is 99.7. The summed E-state index contributed by atoms with van der Waals surface area (Å²) < 4.78 is 0. The van der Waals surface area contributed by atoms with Crippen molar-refractivity contribution in [2.75, 3.05) is 0 Å². The van der Waals surface area contributed by atoms with E-state index in [0.717, 1.165) is 6.42 Å². The Morgan fingerprint density at radius 2 is 1.64 bits per heavy atom. The van der Waals surface area contributed by atoms with E-state index in [-0.39, 0.29) is 11.8 Å². The first-order valence-electron chi connectivity index (χ1n) is 4.33. The highest BCUT2D eigenvalue weighted by Crippen LogP contribution is 2.09. The minimum atomic E-state index is -0.191. The molecule has 1 amide bonds. The fourth-order valence-corrected chi connectivity index (χ4v) is 0.823. The molecule has 0 aromatic rings. The Balaban J connectivity index is 0. The summed E-state index contributed by atoms with van der Waals surface area (Å²) >= 11 is 0. The summed E-state index contributed by atoms with van der Waals surface area (Å²) in [4.78, 5) is 10.5. The molecule has 0 fully saturated rings. The maximum absolute atomic E-state index is 10.5. The van der Waals surface area contributed by atoms with Crippen LogP contribution in [0.1, 0.15) is 41.0 Å². The first-order chi connectivity index (χ1) is 5.04. The van der Waals surface area contributed by atoms with Crippen molar-refractivity contribution in [3.8, 4) is 0 Å². The van der Waals surface area contributed by atoms with E-state index in [1.54, 1.807) is 0 Å². The van der Waals surface area contributed by atoms with Crippen molar-refractivity contribution < 1.29 is 4.79 Å². The Morgan fingerprint density at radius 3 is 1.73 bits per heavy atom. The molecule has 0 rings (SSSR count). The van der Waals surface area contributed by atoms with Crippen molar-refractivity contribution in [1.29, 1.82) is 0 Å². The van der Waals surface area contributed by atoms with Crippen LogP contribution in [0.3, 0.4) is 0 Å². The second kappa shape index (κ2) is 7.58. The number of carbonyl (C=O) groups excluding carboxylic acids is 1. The molecule has 0 radical (unpaired) electrons. The van der Waals surface area contributed by atoms with Crippen LogP contribution in [0.2, 0.25) is 0 Å². The zero-order valence-corrected chi connectivity index (χ0v) is 8.35. The topological polar surface area (TPSA) is 43.1 Å². The lowest BCUT2D eigenvalue weighted by atomic mass is 9.99. The van der Waals surface area contributed by atoms with E-state index in [1.165, 1.54) is 0 Å². The number of primary amides is 1. The van der Waals surface area contributed by atoms with Gasteiger partial charge in [0.2, 0.25) is 5.91 Å². The zero-order valence-electron chi connectivity index (χ0n) is 8.35. The van der Waals surface area contributed by atoms with Gasteiger partial charge in [0, 0.05) is 5.92 Å². The smallest absolute Gasteiger partial charge is 0.220 e. The van der Waals surface area contributed by atoms with Crippen molar-refractivity contribution in [2.24, 2.45) is 17.6 Å². The van der Waals surface area contributed by atoms with Gasteiger partial charge >= 0.3 is 0 Å². The summed E-state index contributed by atoms with van der Waals surface area (Å²) in [5.74, 6) is 0.404. The largest absolute Gasteiger partial charge is 0.369 e. The summed E-state index contributed by atoms with van der Waals surface area (Å²) in [7, 11) is 0. The van der Waals surface area contributed by atoms with Crippen molar-refractivity contribution in [3.63, 3.8) is 0 Å². The molecule has 2 N–H and O–H groups in total. The maximum atomic E-state index is 10.5. The third-order valence-electron chi connectivity index (χ3n) is 1.31. The molecule has 68 valence electrons. The quantitative estimate of drug-likeness (QED) is 0.674. The van der Waals surface area contributed by atoms with E-state index in [1.807, 2.05) is 20.8 Å². The zero-order chi connectivity index (χ0) is 9.44. The van der Waals surface area contributed by atoms with Crippen LogP contribution in [0, 0.1) is 11.8 Å². The first kappa shape index (κ1) is 13.1. The summed E-state index contributed by atoms with van der Waals surface area (Å²) in [6, 6.07) is 0. The predicted molar refractivity (Wildman–Crippen MR) is 49.2 cm³/mol. The van der Waals surface area contributed by atoms with E-state index < -0.39 is 0 Å². The number of rotatable bonds is 3. The van der Waals surface area contributed by atoms with Crippen LogP contribution in [-0.2, 0) is 4.79 Å². The van der Waals surface area contributed by atoms with Gasteiger partial charge in [-0.2, -0.15) is 0 Å². The van der Waals surface area contributed by atoms with Gasteiger partial charge in [-0.15, -0.1) is 0 Å². The lowest BCUT2D eigenvalue weighted by Crippen LogP contribution is -2.21. The van der Waals surface area contributed by atoms with Gasteiger partial charge in [0.1, 0.15) is 0 Å². The minimum Gasteiger partial charge on any atom is -0.369 e. The summed E-state index contributed by atoms with van der Waals surface area (Å²) in [6.45, 7) is 10.0. The summed E-state index contributed by atoms with van der Waals surface area (Å²) in [5.41, 5.74) is 5.05. The molecule has 0 saturated carbocycles. The SMILES string of the molecule is CC.CC(C)C[C@H](C)C(N)=O. The molecule has 1 atom stereocenters. The Kier molecular flexibility index (Phi) is 9.01. The van der Waals surface area contributed by atoms with Gasteiger partial charge in [-0.05, 0) is 12.3 Å². The van der Waals surface area contributed by atoms with E-state index in [9.17, 15) is 4.79 Å². The summed E-state index contributed by atoms with van der Waals surface area (Å²) in [6.07, 6.45) is 0.898. The molecule has 11 heavy (non-hydrogen) atoms. The lowest BCUT2D eigenvalue weighted by molar-refractivity contribution is -0.121. The number of hydrogen-bond acceptors (Lipinski definition) is 1. The molecule has 0 spiro atoms. The van der Waals surface area contributed by atoms with Crippen LogP contribution < -0.4 is 5.73 Å². The molecular weight excluding hydrogens is 138 g/mol. The van der Waals surface area contributed by atoms with Crippen LogP contribution in [0.4, 0.5) is 0 Å².